The number of esters is 1. The summed E-state index contributed by atoms with van der Waals surface area (Å²) in [5.41, 5.74) is 0. The van der Waals surface area contributed by atoms with Crippen LogP contribution in [-0.4, -0.2) is 36.5 Å². The second-order valence-corrected chi connectivity index (χ2v) is 4.59. The molecule has 1 amide bonds. The van der Waals surface area contributed by atoms with Crippen LogP contribution >= 0.6 is 0 Å². The number of hydrogen-bond donors (Lipinski definition) is 0. The van der Waals surface area contributed by atoms with E-state index in [1.807, 2.05) is 13.8 Å². The Hall–Kier alpha value is -1.53. The average molecular weight is 309 g/mol. The number of hydrogen-bond acceptors (Lipinski definition) is 3. The molecule has 0 aliphatic carbocycles. The molecule has 0 aliphatic rings. The summed E-state index contributed by atoms with van der Waals surface area (Å²) >= 11 is 0. The van der Waals surface area contributed by atoms with Crippen LogP contribution in [0, 0.1) is 0 Å². The van der Waals surface area contributed by atoms with Gasteiger partial charge in [0, 0.05) is 13.1 Å². The summed E-state index contributed by atoms with van der Waals surface area (Å²) in [7, 11) is 0. The van der Waals surface area contributed by atoms with Gasteiger partial charge < -0.3 is 9.64 Å². The summed E-state index contributed by atoms with van der Waals surface area (Å²) in [6, 6.07) is 0. The van der Waals surface area contributed by atoms with Crippen molar-refractivity contribution in [2.75, 3.05) is 19.7 Å². The van der Waals surface area contributed by atoms with Gasteiger partial charge in [0.2, 0.25) is 0 Å². The second kappa shape index (κ2) is 11.2. The van der Waals surface area contributed by atoms with Crippen LogP contribution in [0.3, 0.4) is 0 Å². The van der Waals surface area contributed by atoms with E-state index in [9.17, 15) is 22.8 Å². The molecule has 0 radical (unpaired) electrons. The number of carbonyl (C=O) groups is 2. The third kappa shape index (κ3) is 9.10. The van der Waals surface area contributed by atoms with Crippen molar-refractivity contribution in [3.8, 4) is 0 Å². The molecule has 0 spiro atoms. The van der Waals surface area contributed by atoms with Gasteiger partial charge in [-0.1, -0.05) is 26.7 Å². The molecule has 0 atom stereocenters. The molecule has 0 aliphatic heterocycles. The molecule has 0 unspecified atom stereocenters. The molecule has 0 aromatic heterocycles. The van der Waals surface area contributed by atoms with E-state index in [1.54, 1.807) is 4.90 Å². The van der Waals surface area contributed by atoms with Crippen LogP contribution in [0.1, 0.15) is 46.0 Å². The summed E-state index contributed by atoms with van der Waals surface area (Å²) < 4.78 is 40.7. The Morgan fingerprint density at radius 1 is 1.00 bits per heavy atom. The quantitative estimate of drug-likeness (QED) is 0.581. The van der Waals surface area contributed by atoms with E-state index in [2.05, 4.69) is 4.74 Å². The first-order valence-corrected chi connectivity index (χ1v) is 7.05. The van der Waals surface area contributed by atoms with E-state index in [4.69, 9.17) is 0 Å². The van der Waals surface area contributed by atoms with Crippen molar-refractivity contribution < 1.29 is 27.5 Å². The number of ether oxygens (including phenoxy) is 1. The van der Waals surface area contributed by atoms with E-state index < -0.39 is 36.8 Å². The lowest BCUT2D eigenvalue weighted by Crippen LogP contribution is -2.36. The maximum atomic E-state index is 12.5. The molecule has 21 heavy (non-hydrogen) atoms. The van der Waals surface area contributed by atoms with Gasteiger partial charge in [-0.2, -0.15) is 8.78 Å². The van der Waals surface area contributed by atoms with Gasteiger partial charge in [0.05, 0.1) is 0 Å². The minimum atomic E-state index is -2.55. The first kappa shape index (κ1) is 19.5. The molecule has 7 heteroatoms. The van der Waals surface area contributed by atoms with E-state index >= 15 is 0 Å². The van der Waals surface area contributed by atoms with Gasteiger partial charge in [-0.05, 0) is 12.8 Å². The number of rotatable bonds is 10. The van der Waals surface area contributed by atoms with Gasteiger partial charge in [0.15, 0.2) is 12.4 Å². The lowest BCUT2D eigenvalue weighted by Gasteiger charge is -2.22. The Bertz CT molecular complexity index is 360. The standard InChI is InChI=1S/C14H22F3NO3/c1-3-5-7-18(8-6-4-2)12(19)10-21-13(20)9-11(15)14(16)17/h3-10H2,1-2H3. The highest BCUT2D eigenvalue weighted by atomic mass is 19.3. The molecule has 0 bridgehead atoms. The first-order valence-electron chi connectivity index (χ1n) is 7.05. The highest BCUT2D eigenvalue weighted by Crippen LogP contribution is 2.13. The molecule has 0 saturated carbocycles. The van der Waals surface area contributed by atoms with E-state index in [0.717, 1.165) is 25.7 Å². The van der Waals surface area contributed by atoms with E-state index in [0.29, 0.717) is 13.1 Å². The highest BCUT2D eigenvalue weighted by molar-refractivity contribution is 5.81. The Morgan fingerprint density at radius 2 is 1.52 bits per heavy atom. The normalized spacial score (nSPS) is 10.1. The second-order valence-electron chi connectivity index (χ2n) is 4.59. The van der Waals surface area contributed by atoms with Crippen molar-refractivity contribution in [1.82, 2.24) is 4.90 Å². The third-order valence-electron chi connectivity index (χ3n) is 2.78. The molecule has 0 heterocycles. The Labute approximate surface area is 122 Å². The van der Waals surface area contributed by atoms with Crippen molar-refractivity contribution >= 4 is 11.9 Å². The first-order chi connectivity index (χ1) is 9.92. The number of amides is 1. The molecule has 0 saturated heterocycles. The molecular formula is C14H22F3NO3. The molecule has 122 valence electrons. The SMILES string of the molecule is CCCCN(CCCC)C(=O)COC(=O)CC(F)=C(F)F. The zero-order chi connectivity index (χ0) is 16.3. The van der Waals surface area contributed by atoms with Gasteiger partial charge in [-0.15, -0.1) is 0 Å². The molecule has 0 rings (SSSR count). The fraction of sp³-hybridized carbons (Fsp3) is 0.714. The fourth-order valence-corrected chi connectivity index (χ4v) is 1.54. The van der Waals surface area contributed by atoms with Crippen LogP contribution in [0.5, 0.6) is 0 Å². The molecular weight excluding hydrogens is 287 g/mol. The largest absolute Gasteiger partial charge is 0.455 e. The lowest BCUT2D eigenvalue weighted by molar-refractivity contribution is -0.151. The topological polar surface area (TPSA) is 46.6 Å². The predicted octanol–water partition coefficient (Wildman–Crippen LogP) is 3.43. The minimum absolute atomic E-state index is 0.393. The van der Waals surface area contributed by atoms with Crippen LogP contribution in [-0.2, 0) is 14.3 Å². The van der Waals surface area contributed by atoms with Crippen LogP contribution in [0.15, 0.2) is 11.9 Å². The number of carbonyl (C=O) groups excluding carboxylic acids is 2. The Morgan fingerprint density at radius 3 is 1.95 bits per heavy atom. The number of halogens is 3. The number of nitrogens with zero attached hydrogens (tertiary/aromatic N) is 1. The molecule has 0 aromatic carbocycles. The van der Waals surface area contributed by atoms with E-state index in [1.165, 1.54) is 0 Å². The van der Waals surface area contributed by atoms with Crippen molar-refractivity contribution in [1.29, 1.82) is 0 Å². The maximum Gasteiger partial charge on any atom is 0.313 e. The summed E-state index contributed by atoms with van der Waals surface area (Å²) in [6.07, 6.45) is -0.213. The van der Waals surface area contributed by atoms with E-state index in [-0.39, 0.29) is 0 Å². The smallest absolute Gasteiger partial charge is 0.313 e. The van der Waals surface area contributed by atoms with Gasteiger partial charge in [-0.3, -0.25) is 9.59 Å². The van der Waals surface area contributed by atoms with Crippen molar-refractivity contribution in [2.45, 2.75) is 46.0 Å². The van der Waals surface area contributed by atoms with Crippen LogP contribution in [0.4, 0.5) is 13.2 Å². The molecule has 0 N–H and O–H groups in total. The summed E-state index contributed by atoms with van der Waals surface area (Å²) in [5.74, 6) is -3.41. The minimum Gasteiger partial charge on any atom is -0.455 e. The molecule has 4 nitrogen and oxygen atoms in total. The monoisotopic (exact) mass is 309 g/mol. The summed E-state index contributed by atoms with van der Waals surface area (Å²) in [4.78, 5) is 24.6. The predicted molar refractivity (Wildman–Crippen MR) is 72.3 cm³/mol. The van der Waals surface area contributed by atoms with Crippen LogP contribution in [0.25, 0.3) is 0 Å². The van der Waals surface area contributed by atoms with Gasteiger partial charge in [-0.25, -0.2) is 4.39 Å². The van der Waals surface area contributed by atoms with Crippen LogP contribution < -0.4 is 0 Å². The summed E-state index contributed by atoms with van der Waals surface area (Å²) in [5, 5.41) is 0. The van der Waals surface area contributed by atoms with Gasteiger partial charge in [0.25, 0.3) is 5.91 Å². The third-order valence-corrected chi connectivity index (χ3v) is 2.78. The maximum absolute atomic E-state index is 12.5. The highest BCUT2D eigenvalue weighted by Gasteiger charge is 2.17. The Kier molecular flexibility index (Phi) is 10.4. The zero-order valence-electron chi connectivity index (χ0n) is 12.5. The van der Waals surface area contributed by atoms with Gasteiger partial charge in [0.1, 0.15) is 6.42 Å². The fourth-order valence-electron chi connectivity index (χ4n) is 1.54. The van der Waals surface area contributed by atoms with Crippen molar-refractivity contribution in [3.63, 3.8) is 0 Å². The molecule has 0 aromatic rings. The average Bonchev–Trinajstić information content (AvgIpc) is 2.44. The lowest BCUT2D eigenvalue weighted by atomic mass is 10.2. The summed E-state index contributed by atoms with van der Waals surface area (Å²) in [6.45, 7) is 4.54. The van der Waals surface area contributed by atoms with Gasteiger partial charge >= 0.3 is 12.0 Å². The number of unbranched alkanes of at least 4 members (excludes halogenated alkanes) is 2. The van der Waals surface area contributed by atoms with Crippen molar-refractivity contribution in [3.05, 3.63) is 11.9 Å². The van der Waals surface area contributed by atoms with Crippen molar-refractivity contribution in [2.24, 2.45) is 0 Å². The molecule has 0 fully saturated rings. The van der Waals surface area contributed by atoms with Crippen LogP contribution in [0.2, 0.25) is 0 Å². The zero-order valence-corrected chi connectivity index (χ0v) is 12.5. The Balaban J connectivity index is 4.28.